The molecule has 0 aliphatic carbocycles. The Balaban J connectivity index is 1.87. The highest BCUT2D eigenvalue weighted by Crippen LogP contribution is 2.27. The number of rotatable bonds is 20. The van der Waals surface area contributed by atoms with Crippen molar-refractivity contribution in [3.05, 3.63) is 53.6 Å². The number of carbonyl (C=O) groups is 2. The molecule has 39 heavy (non-hydrogen) atoms. The number of carboxylic acids is 1. The van der Waals surface area contributed by atoms with Crippen molar-refractivity contribution in [2.24, 2.45) is 5.73 Å². The zero-order chi connectivity index (χ0) is 28.5. The summed E-state index contributed by atoms with van der Waals surface area (Å²) in [6, 6.07) is 12.5. The average molecular weight is 542 g/mol. The first-order chi connectivity index (χ1) is 18.8. The molecule has 0 fully saturated rings. The Hall–Kier alpha value is -3.75. The minimum absolute atomic E-state index is 0.0344. The van der Waals surface area contributed by atoms with E-state index in [0.717, 1.165) is 37.9 Å². The predicted molar refractivity (Wildman–Crippen MR) is 152 cm³/mol. The molecule has 0 unspecified atom stereocenters. The lowest BCUT2D eigenvalue weighted by Crippen LogP contribution is -2.32. The Labute approximate surface area is 231 Å². The van der Waals surface area contributed by atoms with Crippen molar-refractivity contribution >= 4 is 17.7 Å². The fourth-order valence-electron chi connectivity index (χ4n) is 3.97. The molecule has 214 valence electrons. The van der Waals surface area contributed by atoms with E-state index in [0.29, 0.717) is 68.4 Å². The van der Waals surface area contributed by atoms with Crippen LogP contribution in [0.4, 0.5) is 0 Å². The molecular formula is C30H43N3O6. The SMILES string of the molecule is CCCN(CCC)C(=O)c1ccc(OCCCCCOc2ccc(C(=N)N)cc2)cc1OCCCCC(=O)O. The van der Waals surface area contributed by atoms with Gasteiger partial charge in [0.25, 0.3) is 5.91 Å². The summed E-state index contributed by atoms with van der Waals surface area (Å²) in [6.07, 6.45) is 5.58. The van der Waals surface area contributed by atoms with Gasteiger partial charge in [0.1, 0.15) is 23.1 Å². The summed E-state index contributed by atoms with van der Waals surface area (Å²) in [4.78, 5) is 25.9. The number of amidine groups is 1. The van der Waals surface area contributed by atoms with Crippen molar-refractivity contribution in [2.45, 2.75) is 65.2 Å². The third-order valence-corrected chi connectivity index (χ3v) is 5.99. The summed E-state index contributed by atoms with van der Waals surface area (Å²) in [5, 5.41) is 16.3. The normalized spacial score (nSPS) is 10.6. The van der Waals surface area contributed by atoms with E-state index in [1.165, 1.54) is 0 Å². The number of carboxylic acid groups (broad SMARTS) is 1. The van der Waals surface area contributed by atoms with E-state index >= 15 is 0 Å². The van der Waals surface area contributed by atoms with Crippen LogP contribution >= 0.6 is 0 Å². The van der Waals surface area contributed by atoms with Crippen LogP contribution in [0.2, 0.25) is 0 Å². The number of nitrogen functional groups attached to an aromatic ring is 1. The van der Waals surface area contributed by atoms with Gasteiger partial charge < -0.3 is 30.0 Å². The maximum absolute atomic E-state index is 13.2. The fraction of sp³-hybridized carbons (Fsp3) is 0.500. The number of hydrogen-bond donors (Lipinski definition) is 3. The number of benzene rings is 2. The minimum Gasteiger partial charge on any atom is -0.494 e. The maximum Gasteiger partial charge on any atom is 0.303 e. The highest BCUT2D eigenvalue weighted by Gasteiger charge is 2.20. The van der Waals surface area contributed by atoms with Crippen molar-refractivity contribution in [2.75, 3.05) is 32.9 Å². The highest BCUT2D eigenvalue weighted by atomic mass is 16.5. The van der Waals surface area contributed by atoms with Crippen LogP contribution in [0.25, 0.3) is 0 Å². The van der Waals surface area contributed by atoms with Gasteiger partial charge >= 0.3 is 5.97 Å². The monoisotopic (exact) mass is 541 g/mol. The van der Waals surface area contributed by atoms with Crippen LogP contribution in [-0.4, -0.2) is 60.6 Å². The van der Waals surface area contributed by atoms with Gasteiger partial charge in [0.05, 0.1) is 25.4 Å². The Morgan fingerprint density at radius 1 is 0.821 bits per heavy atom. The Bertz CT molecular complexity index is 1040. The van der Waals surface area contributed by atoms with Gasteiger partial charge in [-0.05, 0) is 81.3 Å². The quantitative estimate of drug-likeness (QED) is 0.114. The van der Waals surface area contributed by atoms with Gasteiger partial charge in [0.2, 0.25) is 0 Å². The highest BCUT2D eigenvalue weighted by molar-refractivity contribution is 5.97. The van der Waals surface area contributed by atoms with Crippen molar-refractivity contribution in [3.63, 3.8) is 0 Å². The van der Waals surface area contributed by atoms with Gasteiger partial charge in [-0.3, -0.25) is 15.0 Å². The van der Waals surface area contributed by atoms with Crippen molar-refractivity contribution in [1.82, 2.24) is 4.90 Å². The summed E-state index contributed by atoms with van der Waals surface area (Å²) >= 11 is 0. The number of ether oxygens (including phenoxy) is 3. The molecule has 1 amide bonds. The first kappa shape index (κ1) is 31.5. The topological polar surface area (TPSA) is 135 Å². The fourth-order valence-corrected chi connectivity index (χ4v) is 3.97. The molecule has 9 nitrogen and oxygen atoms in total. The molecule has 0 saturated heterocycles. The molecule has 9 heteroatoms. The molecule has 4 N–H and O–H groups in total. The number of carbonyl (C=O) groups excluding carboxylic acids is 1. The minimum atomic E-state index is -0.828. The largest absolute Gasteiger partial charge is 0.494 e. The molecule has 0 aliphatic heterocycles. The predicted octanol–water partition coefficient (Wildman–Crippen LogP) is 5.49. The Kier molecular flexibility index (Phi) is 14.3. The summed E-state index contributed by atoms with van der Waals surface area (Å²) in [6.45, 7) is 6.89. The Morgan fingerprint density at radius 3 is 1.97 bits per heavy atom. The smallest absolute Gasteiger partial charge is 0.303 e. The van der Waals surface area contributed by atoms with E-state index < -0.39 is 5.97 Å². The van der Waals surface area contributed by atoms with E-state index in [9.17, 15) is 9.59 Å². The number of nitrogens with two attached hydrogens (primary N) is 1. The van der Waals surface area contributed by atoms with Crippen LogP contribution in [0.15, 0.2) is 42.5 Å². The number of amides is 1. The Morgan fingerprint density at radius 2 is 1.38 bits per heavy atom. The molecule has 2 aromatic carbocycles. The summed E-state index contributed by atoms with van der Waals surface area (Å²) in [5.74, 6) is 0.985. The van der Waals surface area contributed by atoms with E-state index in [1.807, 2.05) is 30.9 Å². The second-order valence-electron chi connectivity index (χ2n) is 9.35. The van der Waals surface area contributed by atoms with Gasteiger partial charge in [0, 0.05) is 31.1 Å². The second-order valence-corrected chi connectivity index (χ2v) is 9.35. The first-order valence-electron chi connectivity index (χ1n) is 13.8. The third kappa shape index (κ3) is 11.7. The van der Waals surface area contributed by atoms with Crippen LogP contribution in [0, 0.1) is 5.41 Å². The standard InChI is InChI=1S/C30H43N3O6/c1-3-17-33(18-4-2)30(36)26-16-15-25(22-27(26)39-21-9-6-10-28(34)35)38-20-8-5-7-19-37-24-13-11-23(12-14-24)29(31)32/h11-16,22H,3-10,17-21H2,1-2H3,(H3,31,32)(H,34,35). The lowest BCUT2D eigenvalue weighted by Gasteiger charge is -2.23. The molecule has 0 atom stereocenters. The molecule has 0 saturated carbocycles. The van der Waals surface area contributed by atoms with E-state index in [-0.39, 0.29) is 18.2 Å². The van der Waals surface area contributed by atoms with E-state index in [4.69, 9.17) is 30.5 Å². The van der Waals surface area contributed by atoms with E-state index in [2.05, 4.69) is 0 Å². The molecule has 0 bridgehead atoms. The van der Waals surface area contributed by atoms with Crippen molar-refractivity contribution in [3.8, 4) is 17.2 Å². The van der Waals surface area contributed by atoms with Gasteiger partial charge in [-0.2, -0.15) is 0 Å². The number of nitrogens with one attached hydrogen (secondary N) is 1. The molecule has 0 aromatic heterocycles. The van der Waals surface area contributed by atoms with Gasteiger partial charge in [-0.15, -0.1) is 0 Å². The molecule has 0 heterocycles. The van der Waals surface area contributed by atoms with Gasteiger partial charge in [-0.25, -0.2) is 0 Å². The number of aliphatic carboxylic acids is 1. The van der Waals surface area contributed by atoms with Gasteiger partial charge in [-0.1, -0.05) is 13.8 Å². The number of nitrogens with zero attached hydrogens (tertiary/aromatic N) is 1. The lowest BCUT2D eigenvalue weighted by atomic mass is 10.1. The lowest BCUT2D eigenvalue weighted by molar-refractivity contribution is -0.137. The van der Waals surface area contributed by atoms with Gasteiger partial charge in [0.15, 0.2) is 0 Å². The van der Waals surface area contributed by atoms with Crippen LogP contribution in [0.5, 0.6) is 17.2 Å². The molecular weight excluding hydrogens is 498 g/mol. The first-order valence-corrected chi connectivity index (χ1v) is 13.8. The summed E-state index contributed by atoms with van der Waals surface area (Å²) < 4.78 is 17.6. The third-order valence-electron chi connectivity index (χ3n) is 5.99. The van der Waals surface area contributed by atoms with Crippen LogP contribution in [-0.2, 0) is 4.79 Å². The molecule has 0 spiro atoms. The van der Waals surface area contributed by atoms with Crippen LogP contribution in [0.1, 0.15) is 81.1 Å². The maximum atomic E-state index is 13.2. The second kappa shape index (κ2) is 17.7. The zero-order valence-corrected chi connectivity index (χ0v) is 23.2. The molecule has 2 rings (SSSR count). The molecule has 0 radical (unpaired) electrons. The van der Waals surface area contributed by atoms with E-state index in [1.54, 1.807) is 30.3 Å². The van der Waals surface area contributed by atoms with Crippen LogP contribution in [0.3, 0.4) is 0 Å². The number of hydrogen-bond acceptors (Lipinski definition) is 6. The summed E-state index contributed by atoms with van der Waals surface area (Å²) in [5.41, 5.74) is 6.63. The summed E-state index contributed by atoms with van der Waals surface area (Å²) in [7, 11) is 0. The zero-order valence-electron chi connectivity index (χ0n) is 23.2. The average Bonchev–Trinajstić information content (AvgIpc) is 2.92. The number of unbranched alkanes of at least 4 members (excludes halogenated alkanes) is 3. The molecule has 2 aromatic rings. The molecule has 0 aliphatic rings. The van der Waals surface area contributed by atoms with Crippen molar-refractivity contribution in [1.29, 1.82) is 5.41 Å². The van der Waals surface area contributed by atoms with Crippen molar-refractivity contribution < 1.29 is 28.9 Å². The van der Waals surface area contributed by atoms with Crippen LogP contribution < -0.4 is 19.9 Å².